The number of unbranched alkanes of at least 4 members (excludes halogenated alkanes) is 5. The van der Waals surface area contributed by atoms with E-state index in [0.29, 0.717) is 12.2 Å². The van der Waals surface area contributed by atoms with Gasteiger partial charge in [0, 0.05) is 18.2 Å². The first-order valence-electron chi connectivity index (χ1n) is 11.0. The van der Waals surface area contributed by atoms with Gasteiger partial charge in [-0.05, 0) is 37.6 Å². The molecule has 0 aliphatic heterocycles. The van der Waals surface area contributed by atoms with E-state index in [9.17, 15) is 9.59 Å². The summed E-state index contributed by atoms with van der Waals surface area (Å²) in [5, 5.41) is 1.94. The number of fused-ring (bicyclic) bond motifs is 1. The highest BCUT2D eigenvalue weighted by Crippen LogP contribution is 2.25. The second-order valence-electron chi connectivity index (χ2n) is 7.66. The Kier molecular flexibility index (Phi) is 10.3. The van der Waals surface area contributed by atoms with Crippen LogP contribution in [0.1, 0.15) is 78.1 Å². The summed E-state index contributed by atoms with van der Waals surface area (Å²) in [6, 6.07) is 13.4. The monoisotopic (exact) mass is 398 g/mol. The van der Waals surface area contributed by atoms with Gasteiger partial charge in [-0.25, -0.2) is 0 Å². The zero-order chi connectivity index (χ0) is 20.9. The number of rotatable bonds is 13. The predicted molar refractivity (Wildman–Crippen MR) is 117 cm³/mol. The van der Waals surface area contributed by atoms with Gasteiger partial charge in [0.1, 0.15) is 5.75 Å². The summed E-state index contributed by atoms with van der Waals surface area (Å²) in [7, 11) is 0. The highest BCUT2D eigenvalue weighted by atomic mass is 16.5. The standard InChI is InChI=1S/C25H34O4/c1-3-4-5-6-7-8-13-20(2)28-24(26)18-12-19-25(27)29-23-17-11-15-21-14-9-10-16-22(21)23/h9-11,14-17,20H,3-8,12-13,18-19H2,1-2H3. The fraction of sp³-hybridized carbons (Fsp3) is 0.520. The number of hydrogen-bond acceptors (Lipinski definition) is 4. The fourth-order valence-corrected chi connectivity index (χ4v) is 3.39. The van der Waals surface area contributed by atoms with E-state index in [2.05, 4.69) is 6.92 Å². The van der Waals surface area contributed by atoms with Crippen molar-refractivity contribution in [1.29, 1.82) is 0 Å². The first kappa shape index (κ1) is 22.9. The average molecular weight is 399 g/mol. The van der Waals surface area contributed by atoms with Gasteiger partial charge in [-0.2, -0.15) is 0 Å². The maximum atomic E-state index is 12.1. The molecule has 158 valence electrons. The van der Waals surface area contributed by atoms with Crippen LogP contribution in [-0.2, 0) is 14.3 Å². The van der Waals surface area contributed by atoms with Crippen LogP contribution in [0.15, 0.2) is 42.5 Å². The summed E-state index contributed by atoms with van der Waals surface area (Å²) in [6.07, 6.45) is 9.11. The van der Waals surface area contributed by atoms with Crippen LogP contribution in [0.25, 0.3) is 10.8 Å². The van der Waals surface area contributed by atoms with Gasteiger partial charge in [-0.1, -0.05) is 75.4 Å². The Morgan fingerprint density at radius 1 is 0.828 bits per heavy atom. The number of carbonyl (C=O) groups excluding carboxylic acids is 2. The molecule has 2 aromatic carbocycles. The molecule has 1 unspecified atom stereocenters. The summed E-state index contributed by atoms with van der Waals surface area (Å²) in [5.41, 5.74) is 0. The molecule has 0 spiro atoms. The molecule has 4 nitrogen and oxygen atoms in total. The summed E-state index contributed by atoms with van der Waals surface area (Å²) in [5.74, 6) is -0.000963. The normalized spacial score (nSPS) is 11.9. The van der Waals surface area contributed by atoms with E-state index in [1.54, 1.807) is 6.07 Å². The molecule has 2 aromatic rings. The molecule has 0 saturated carbocycles. The number of esters is 2. The number of hydrogen-bond donors (Lipinski definition) is 0. The molecule has 29 heavy (non-hydrogen) atoms. The molecule has 4 heteroatoms. The second-order valence-corrected chi connectivity index (χ2v) is 7.66. The van der Waals surface area contributed by atoms with Gasteiger partial charge in [0.05, 0.1) is 6.10 Å². The first-order valence-corrected chi connectivity index (χ1v) is 11.0. The lowest BCUT2D eigenvalue weighted by Crippen LogP contribution is -2.15. The van der Waals surface area contributed by atoms with E-state index < -0.39 is 0 Å². The Hall–Kier alpha value is -2.36. The van der Waals surface area contributed by atoms with Gasteiger partial charge >= 0.3 is 11.9 Å². The molecule has 0 radical (unpaired) electrons. The lowest BCUT2D eigenvalue weighted by molar-refractivity contribution is -0.148. The van der Waals surface area contributed by atoms with E-state index in [1.807, 2.05) is 43.3 Å². The van der Waals surface area contributed by atoms with Crippen molar-refractivity contribution in [3.63, 3.8) is 0 Å². The largest absolute Gasteiger partial charge is 0.463 e. The summed E-state index contributed by atoms with van der Waals surface area (Å²) >= 11 is 0. The Morgan fingerprint density at radius 3 is 2.34 bits per heavy atom. The molecule has 2 rings (SSSR count). The van der Waals surface area contributed by atoms with Crippen LogP contribution in [0.4, 0.5) is 0 Å². The topological polar surface area (TPSA) is 52.6 Å². The molecule has 0 bridgehead atoms. The van der Waals surface area contributed by atoms with E-state index in [4.69, 9.17) is 9.47 Å². The van der Waals surface area contributed by atoms with Crippen molar-refractivity contribution in [2.45, 2.75) is 84.2 Å². The molecule has 1 atom stereocenters. The minimum Gasteiger partial charge on any atom is -0.463 e. The first-order chi connectivity index (χ1) is 14.1. The summed E-state index contributed by atoms with van der Waals surface area (Å²) < 4.78 is 10.9. The van der Waals surface area contributed by atoms with Crippen molar-refractivity contribution in [2.75, 3.05) is 0 Å². The molecule has 0 fully saturated rings. The second kappa shape index (κ2) is 13.0. The Balaban J connectivity index is 1.62. The van der Waals surface area contributed by atoms with Crippen LogP contribution in [0.3, 0.4) is 0 Å². The molecule has 0 N–H and O–H groups in total. The third kappa shape index (κ3) is 8.68. The maximum Gasteiger partial charge on any atom is 0.311 e. The molecule has 0 heterocycles. The zero-order valence-corrected chi connectivity index (χ0v) is 17.8. The van der Waals surface area contributed by atoms with Crippen molar-refractivity contribution >= 4 is 22.7 Å². The summed E-state index contributed by atoms with van der Waals surface area (Å²) in [6.45, 7) is 4.16. The average Bonchev–Trinajstić information content (AvgIpc) is 2.71. The minimum atomic E-state index is -0.325. The van der Waals surface area contributed by atoms with Gasteiger partial charge in [0.2, 0.25) is 0 Å². The zero-order valence-electron chi connectivity index (χ0n) is 17.8. The Labute approximate surface area is 174 Å². The van der Waals surface area contributed by atoms with E-state index in [-0.39, 0.29) is 30.9 Å². The van der Waals surface area contributed by atoms with Crippen LogP contribution in [0, 0.1) is 0 Å². The van der Waals surface area contributed by atoms with E-state index in [1.165, 1.54) is 32.1 Å². The molecule has 0 aromatic heterocycles. The number of carbonyl (C=O) groups is 2. The van der Waals surface area contributed by atoms with Crippen molar-refractivity contribution in [3.05, 3.63) is 42.5 Å². The van der Waals surface area contributed by atoms with Crippen molar-refractivity contribution in [2.24, 2.45) is 0 Å². The van der Waals surface area contributed by atoms with Crippen LogP contribution in [0.2, 0.25) is 0 Å². The lowest BCUT2D eigenvalue weighted by atomic mass is 10.1. The van der Waals surface area contributed by atoms with Crippen molar-refractivity contribution < 1.29 is 19.1 Å². The van der Waals surface area contributed by atoms with E-state index in [0.717, 1.165) is 23.6 Å². The van der Waals surface area contributed by atoms with Gasteiger partial charge in [0.15, 0.2) is 0 Å². The summed E-state index contributed by atoms with van der Waals surface area (Å²) in [4.78, 5) is 24.1. The van der Waals surface area contributed by atoms with Crippen LogP contribution in [-0.4, -0.2) is 18.0 Å². The number of ether oxygens (including phenoxy) is 2. The maximum absolute atomic E-state index is 12.1. The van der Waals surface area contributed by atoms with Crippen LogP contribution >= 0.6 is 0 Å². The Bertz CT molecular complexity index is 763. The Morgan fingerprint density at radius 2 is 1.52 bits per heavy atom. The molecule has 0 amide bonds. The molecule has 0 aliphatic carbocycles. The van der Waals surface area contributed by atoms with Crippen molar-refractivity contribution in [3.8, 4) is 5.75 Å². The van der Waals surface area contributed by atoms with Crippen molar-refractivity contribution in [1.82, 2.24) is 0 Å². The molecule has 0 saturated heterocycles. The van der Waals surface area contributed by atoms with Gasteiger partial charge in [-0.15, -0.1) is 0 Å². The highest BCUT2D eigenvalue weighted by Gasteiger charge is 2.12. The van der Waals surface area contributed by atoms with Gasteiger partial charge in [-0.3, -0.25) is 9.59 Å². The molecular weight excluding hydrogens is 364 g/mol. The van der Waals surface area contributed by atoms with Crippen LogP contribution < -0.4 is 4.74 Å². The van der Waals surface area contributed by atoms with Crippen LogP contribution in [0.5, 0.6) is 5.75 Å². The molecule has 0 aliphatic rings. The van der Waals surface area contributed by atoms with E-state index >= 15 is 0 Å². The SMILES string of the molecule is CCCCCCCCC(C)OC(=O)CCCC(=O)Oc1cccc2ccccc12. The third-order valence-electron chi connectivity index (χ3n) is 5.03. The predicted octanol–water partition coefficient (Wildman–Crippen LogP) is 6.60. The van der Waals surface area contributed by atoms with Gasteiger partial charge in [0.25, 0.3) is 0 Å². The fourth-order valence-electron chi connectivity index (χ4n) is 3.39. The third-order valence-corrected chi connectivity index (χ3v) is 5.03. The highest BCUT2D eigenvalue weighted by molar-refractivity contribution is 5.90. The number of benzene rings is 2. The van der Waals surface area contributed by atoms with Gasteiger partial charge < -0.3 is 9.47 Å². The molecular formula is C25H34O4. The quantitative estimate of drug-likeness (QED) is 0.217. The minimum absolute atomic E-state index is 0.0590. The smallest absolute Gasteiger partial charge is 0.311 e. The lowest BCUT2D eigenvalue weighted by Gasteiger charge is -2.13.